The van der Waals surface area contributed by atoms with Gasteiger partial charge < -0.3 is 49.7 Å². The van der Waals surface area contributed by atoms with E-state index in [1.54, 1.807) is 23.5 Å². The molecule has 0 N–H and O–H groups in total. The van der Waals surface area contributed by atoms with Gasteiger partial charge in [0.25, 0.3) is 0 Å². The van der Waals surface area contributed by atoms with Crippen LogP contribution in [0.5, 0.6) is 0 Å². The molecule has 0 bridgehead atoms. The van der Waals surface area contributed by atoms with E-state index in [0.29, 0.717) is 7.06 Å². The van der Waals surface area contributed by atoms with Crippen molar-refractivity contribution < 1.29 is 16.5 Å². The zero-order chi connectivity index (χ0) is 12.8. The molecule has 0 radical (unpaired) electrons. The molecule has 0 nitrogen and oxygen atoms in total. The first-order chi connectivity index (χ1) is 7.54. The molecule has 0 aromatic rings. The van der Waals surface area contributed by atoms with E-state index in [1.165, 1.54) is 25.7 Å². The van der Waals surface area contributed by atoms with Crippen molar-refractivity contribution in [2.75, 3.05) is 11.5 Å². The Morgan fingerprint density at radius 1 is 0.882 bits per heavy atom. The predicted molar refractivity (Wildman–Crippen MR) is 94.7 cm³/mol. The Morgan fingerprint density at radius 3 is 1.35 bits per heavy atom. The summed E-state index contributed by atoms with van der Waals surface area (Å²) in [6, 6.07) is 0. The molecule has 0 saturated carbocycles. The maximum Gasteiger partial charge on any atom is 2.00 e. The van der Waals surface area contributed by atoms with Crippen LogP contribution in [-0.2, 0) is 41.7 Å². The molecular weight excluding hydrogens is 371 g/mol. The van der Waals surface area contributed by atoms with Crippen molar-refractivity contribution in [3.8, 4) is 0 Å². The summed E-state index contributed by atoms with van der Waals surface area (Å²) in [4.78, 5) is 0. The van der Waals surface area contributed by atoms with Gasteiger partial charge in [-0.3, -0.25) is 0 Å². The van der Waals surface area contributed by atoms with Crippen LogP contribution < -0.4 is 0 Å². The quantitative estimate of drug-likeness (QED) is 0.278. The van der Waals surface area contributed by atoms with E-state index in [2.05, 4.69) is 63.5 Å². The molecular formula is C10H18NiS6. The van der Waals surface area contributed by atoms with E-state index in [1.807, 2.05) is 0 Å². The van der Waals surface area contributed by atoms with Gasteiger partial charge in [-0.15, -0.1) is 23.5 Å². The largest absolute Gasteiger partial charge is 2.00 e. The smallest absolute Gasteiger partial charge is 0.422 e. The van der Waals surface area contributed by atoms with Crippen LogP contribution >= 0.6 is 48.0 Å². The number of hydrogen-bond acceptors (Lipinski definition) is 6. The Bertz CT molecular complexity index is 166. The van der Waals surface area contributed by atoms with Gasteiger partial charge >= 0.3 is 16.5 Å². The molecule has 7 heteroatoms. The first-order valence-electron chi connectivity index (χ1n) is 5.22. The zero-order valence-corrected chi connectivity index (χ0v) is 15.9. The van der Waals surface area contributed by atoms with E-state index in [0.717, 1.165) is 11.5 Å². The molecule has 0 fully saturated rings. The third kappa shape index (κ3) is 31.9. The van der Waals surface area contributed by atoms with Gasteiger partial charge in [0.1, 0.15) is 0 Å². The normalized spacial score (nSPS) is 8.59. The SMILES string of the molecule is CCCCSC(=S)[S-].CCCCSC(=S)[S-].[Ni+2]. The van der Waals surface area contributed by atoms with Gasteiger partial charge in [0.2, 0.25) is 0 Å². The van der Waals surface area contributed by atoms with E-state index in [9.17, 15) is 0 Å². The molecule has 0 saturated heterocycles. The van der Waals surface area contributed by atoms with Gasteiger partial charge in [0.05, 0.1) is 0 Å². The van der Waals surface area contributed by atoms with Gasteiger partial charge in [-0.1, -0.05) is 33.7 Å². The van der Waals surface area contributed by atoms with Crippen LogP contribution in [0.4, 0.5) is 0 Å². The monoisotopic (exact) mass is 388 g/mol. The number of thioether (sulfide) groups is 2. The summed E-state index contributed by atoms with van der Waals surface area (Å²) >= 11 is 22.0. The van der Waals surface area contributed by atoms with Gasteiger partial charge in [-0.05, 0) is 24.3 Å². The third-order valence-electron chi connectivity index (χ3n) is 1.44. The molecule has 0 heterocycles. The number of unbranched alkanes of at least 4 members (excludes halogenated alkanes) is 2. The summed E-state index contributed by atoms with van der Waals surface area (Å²) in [7, 11) is 0. The van der Waals surface area contributed by atoms with Crippen LogP contribution in [0.3, 0.4) is 0 Å². The standard InChI is InChI=1S/2C5H10S3.Ni/c2*1-2-3-4-8-5(6)7;/h2*2-4H2,1H3,(H,6,7);/q;;+2/p-2. The van der Waals surface area contributed by atoms with Crippen LogP contribution in [0.15, 0.2) is 0 Å². The topological polar surface area (TPSA) is 0 Å². The van der Waals surface area contributed by atoms with Crippen molar-refractivity contribution in [2.45, 2.75) is 39.5 Å². The molecule has 0 aliphatic carbocycles. The summed E-state index contributed by atoms with van der Waals surface area (Å²) in [5.41, 5.74) is 0. The Morgan fingerprint density at radius 2 is 1.18 bits per heavy atom. The number of thiocarbonyl (C=S) groups is 2. The van der Waals surface area contributed by atoms with Crippen molar-refractivity contribution in [3.63, 3.8) is 0 Å². The maximum absolute atomic E-state index is 4.69. The Labute approximate surface area is 146 Å². The minimum Gasteiger partial charge on any atom is -0.422 e. The Hall–Kier alpha value is 1.81. The fraction of sp³-hybridized carbons (Fsp3) is 0.800. The van der Waals surface area contributed by atoms with Crippen molar-refractivity contribution in [3.05, 3.63) is 0 Å². The summed E-state index contributed by atoms with van der Waals surface area (Å²) < 4.78 is 1.30. The summed E-state index contributed by atoms with van der Waals surface area (Å²) in [5.74, 6) is 2.19. The average molecular weight is 389 g/mol. The Balaban J connectivity index is -0.000000218. The minimum absolute atomic E-state index is 0. The number of hydrogen-bond donors (Lipinski definition) is 0. The van der Waals surface area contributed by atoms with Crippen LogP contribution in [0.1, 0.15) is 39.5 Å². The van der Waals surface area contributed by atoms with Crippen LogP contribution in [0.2, 0.25) is 0 Å². The third-order valence-corrected chi connectivity index (χ3v) is 4.31. The van der Waals surface area contributed by atoms with Crippen LogP contribution in [-0.4, -0.2) is 18.6 Å². The summed E-state index contributed by atoms with van der Waals surface area (Å²) in [6.07, 6.45) is 4.90. The van der Waals surface area contributed by atoms with E-state index in [-0.39, 0.29) is 16.5 Å². The van der Waals surface area contributed by atoms with E-state index >= 15 is 0 Å². The minimum atomic E-state index is 0. The van der Waals surface area contributed by atoms with Gasteiger partial charge in [0.15, 0.2) is 0 Å². The second-order valence-electron chi connectivity index (χ2n) is 2.90. The zero-order valence-electron chi connectivity index (χ0n) is 10.0. The van der Waals surface area contributed by atoms with Crippen LogP contribution in [0, 0.1) is 0 Å². The molecule has 0 amide bonds. The molecule has 104 valence electrons. The molecule has 0 aliphatic rings. The fourth-order valence-corrected chi connectivity index (χ4v) is 2.80. The second-order valence-corrected chi connectivity index (χ2v) is 8.30. The molecule has 0 unspecified atom stereocenters. The van der Waals surface area contributed by atoms with E-state index < -0.39 is 0 Å². The molecule has 0 rings (SSSR count). The predicted octanol–water partition coefficient (Wildman–Crippen LogP) is 4.70. The molecule has 0 aromatic heterocycles. The van der Waals surface area contributed by atoms with Crippen molar-refractivity contribution in [2.24, 2.45) is 0 Å². The van der Waals surface area contributed by atoms with Gasteiger partial charge in [-0.25, -0.2) is 0 Å². The summed E-state index contributed by atoms with van der Waals surface area (Å²) in [6.45, 7) is 4.32. The van der Waals surface area contributed by atoms with Crippen molar-refractivity contribution >= 4 is 80.3 Å². The second kappa shape index (κ2) is 20.1. The van der Waals surface area contributed by atoms with E-state index in [4.69, 9.17) is 0 Å². The van der Waals surface area contributed by atoms with Gasteiger partial charge in [-0.2, -0.15) is 0 Å². The summed E-state index contributed by atoms with van der Waals surface area (Å²) in [5, 5.41) is 0. The van der Waals surface area contributed by atoms with Crippen LogP contribution in [0.25, 0.3) is 0 Å². The van der Waals surface area contributed by atoms with Gasteiger partial charge in [0, 0.05) is 0 Å². The molecule has 0 aromatic carbocycles. The fourth-order valence-electron chi connectivity index (χ4n) is 0.600. The molecule has 0 atom stereocenters. The Kier molecular flexibility index (Phi) is 28.3. The maximum atomic E-state index is 4.69. The molecule has 17 heavy (non-hydrogen) atoms. The number of rotatable bonds is 6. The first-order valence-corrected chi connectivity index (χ1v) is 8.82. The van der Waals surface area contributed by atoms with Crippen molar-refractivity contribution in [1.82, 2.24) is 0 Å². The average Bonchev–Trinajstić information content (AvgIpc) is 2.18. The van der Waals surface area contributed by atoms with Crippen molar-refractivity contribution in [1.29, 1.82) is 0 Å². The molecule has 0 spiro atoms. The molecule has 0 aliphatic heterocycles. The first kappa shape index (κ1) is 23.9.